The van der Waals surface area contributed by atoms with Gasteiger partial charge in [-0.3, -0.25) is 4.79 Å². The minimum Gasteiger partial charge on any atom is -0.481 e. The molecule has 0 saturated carbocycles. The molecule has 1 aromatic heterocycles. The molecule has 0 aliphatic carbocycles. The molecule has 0 saturated heterocycles. The molecule has 0 unspecified atom stereocenters. The van der Waals surface area contributed by atoms with Gasteiger partial charge in [0.15, 0.2) is 0 Å². The highest BCUT2D eigenvalue weighted by Gasteiger charge is 2.26. The topological polar surface area (TPSA) is 75.1 Å². The SMILES string of the molecule is CC(C)(CNCc1cccnn1)C(=O)O. The molecule has 0 aromatic carbocycles. The van der Waals surface area contributed by atoms with Gasteiger partial charge in [0, 0.05) is 19.3 Å². The Bertz CT molecular complexity index is 325. The minimum atomic E-state index is -0.811. The molecule has 82 valence electrons. The average molecular weight is 209 g/mol. The number of nitrogens with zero attached hydrogens (tertiary/aromatic N) is 2. The van der Waals surface area contributed by atoms with E-state index >= 15 is 0 Å². The van der Waals surface area contributed by atoms with Gasteiger partial charge in [-0.05, 0) is 26.0 Å². The maximum absolute atomic E-state index is 10.8. The standard InChI is InChI=1S/C10H15N3O2/c1-10(2,9(14)15)7-11-6-8-4-3-5-12-13-8/h3-5,11H,6-7H2,1-2H3,(H,14,15). The van der Waals surface area contributed by atoms with Crippen molar-refractivity contribution < 1.29 is 9.90 Å². The van der Waals surface area contributed by atoms with Crippen LogP contribution in [0.2, 0.25) is 0 Å². The summed E-state index contributed by atoms with van der Waals surface area (Å²) >= 11 is 0. The Hall–Kier alpha value is -1.49. The third-order valence-electron chi connectivity index (χ3n) is 2.08. The molecule has 2 N–H and O–H groups in total. The molecule has 0 atom stereocenters. The molecule has 1 heterocycles. The Balaban J connectivity index is 2.37. The van der Waals surface area contributed by atoms with Crippen LogP contribution in [0, 0.1) is 5.41 Å². The Morgan fingerprint density at radius 1 is 1.60 bits per heavy atom. The van der Waals surface area contributed by atoms with Crippen molar-refractivity contribution in [2.45, 2.75) is 20.4 Å². The largest absolute Gasteiger partial charge is 0.481 e. The molecule has 5 nitrogen and oxygen atoms in total. The summed E-state index contributed by atoms with van der Waals surface area (Å²) in [7, 11) is 0. The van der Waals surface area contributed by atoms with Crippen LogP contribution in [-0.2, 0) is 11.3 Å². The van der Waals surface area contributed by atoms with Gasteiger partial charge < -0.3 is 10.4 Å². The number of carboxylic acids is 1. The number of rotatable bonds is 5. The van der Waals surface area contributed by atoms with Crippen LogP contribution in [0.1, 0.15) is 19.5 Å². The molecular weight excluding hydrogens is 194 g/mol. The van der Waals surface area contributed by atoms with Crippen molar-refractivity contribution in [2.24, 2.45) is 5.41 Å². The molecule has 0 amide bonds. The van der Waals surface area contributed by atoms with Crippen molar-refractivity contribution in [1.82, 2.24) is 15.5 Å². The van der Waals surface area contributed by atoms with Gasteiger partial charge in [0.1, 0.15) is 0 Å². The first-order valence-electron chi connectivity index (χ1n) is 4.73. The number of hydrogen-bond acceptors (Lipinski definition) is 4. The van der Waals surface area contributed by atoms with Gasteiger partial charge in [0.05, 0.1) is 11.1 Å². The first-order valence-corrected chi connectivity index (χ1v) is 4.73. The van der Waals surface area contributed by atoms with E-state index in [9.17, 15) is 4.79 Å². The summed E-state index contributed by atoms with van der Waals surface area (Å²) in [4.78, 5) is 10.8. The first-order chi connectivity index (χ1) is 7.02. The summed E-state index contributed by atoms with van der Waals surface area (Å²) in [5.41, 5.74) is 0.0426. The molecule has 0 spiro atoms. The number of aliphatic carboxylic acids is 1. The zero-order valence-corrected chi connectivity index (χ0v) is 8.90. The highest BCUT2D eigenvalue weighted by molar-refractivity contribution is 5.73. The smallest absolute Gasteiger partial charge is 0.310 e. The van der Waals surface area contributed by atoms with Crippen LogP contribution >= 0.6 is 0 Å². The molecule has 0 aliphatic rings. The van der Waals surface area contributed by atoms with Gasteiger partial charge in [-0.1, -0.05) is 0 Å². The lowest BCUT2D eigenvalue weighted by atomic mass is 9.94. The number of carboxylic acid groups (broad SMARTS) is 1. The zero-order valence-electron chi connectivity index (χ0n) is 8.90. The number of hydrogen-bond donors (Lipinski definition) is 2. The van der Waals surface area contributed by atoms with Crippen LogP contribution < -0.4 is 5.32 Å². The minimum absolute atomic E-state index is 0.402. The molecule has 0 radical (unpaired) electrons. The van der Waals surface area contributed by atoms with Crippen LogP contribution in [0.5, 0.6) is 0 Å². The maximum atomic E-state index is 10.8. The molecule has 1 rings (SSSR count). The highest BCUT2D eigenvalue weighted by atomic mass is 16.4. The monoisotopic (exact) mass is 209 g/mol. The van der Waals surface area contributed by atoms with Gasteiger partial charge in [-0.15, -0.1) is 0 Å². The Kier molecular flexibility index (Phi) is 3.74. The van der Waals surface area contributed by atoms with E-state index < -0.39 is 11.4 Å². The maximum Gasteiger partial charge on any atom is 0.310 e. The third kappa shape index (κ3) is 3.63. The van der Waals surface area contributed by atoms with E-state index in [2.05, 4.69) is 15.5 Å². The van der Waals surface area contributed by atoms with E-state index in [1.807, 2.05) is 6.07 Å². The fraction of sp³-hybridized carbons (Fsp3) is 0.500. The van der Waals surface area contributed by atoms with Crippen LogP contribution in [-0.4, -0.2) is 27.8 Å². The Morgan fingerprint density at radius 2 is 2.33 bits per heavy atom. The molecule has 0 fully saturated rings. The predicted octanol–water partition coefficient (Wildman–Crippen LogP) is 0.677. The zero-order chi connectivity index (χ0) is 11.3. The first kappa shape index (κ1) is 11.6. The molecular formula is C10H15N3O2. The van der Waals surface area contributed by atoms with Crippen molar-refractivity contribution >= 4 is 5.97 Å². The van der Waals surface area contributed by atoms with Crippen LogP contribution in [0.25, 0.3) is 0 Å². The Labute approximate surface area is 88.5 Å². The molecule has 0 aliphatic heterocycles. The number of nitrogens with one attached hydrogen (secondary N) is 1. The fourth-order valence-corrected chi connectivity index (χ4v) is 1.01. The fourth-order valence-electron chi connectivity index (χ4n) is 1.01. The molecule has 15 heavy (non-hydrogen) atoms. The lowest BCUT2D eigenvalue weighted by Gasteiger charge is -2.19. The van der Waals surface area contributed by atoms with Crippen molar-refractivity contribution in [3.05, 3.63) is 24.0 Å². The summed E-state index contributed by atoms with van der Waals surface area (Å²) in [6.07, 6.45) is 1.60. The van der Waals surface area contributed by atoms with Gasteiger partial charge in [-0.2, -0.15) is 10.2 Å². The van der Waals surface area contributed by atoms with Crippen molar-refractivity contribution in [3.63, 3.8) is 0 Å². The molecule has 1 aromatic rings. The van der Waals surface area contributed by atoms with Gasteiger partial charge in [0.2, 0.25) is 0 Å². The van der Waals surface area contributed by atoms with Crippen LogP contribution in [0.3, 0.4) is 0 Å². The van der Waals surface area contributed by atoms with Crippen LogP contribution in [0.4, 0.5) is 0 Å². The second kappa shape index (κ2) is 4.84. The van der Waals surface area contributed by atoms with Gasteiger partial charge >= 0.3 is 5.97 Å². The van der Waals surface area contributed by atoms with Crippen molar-refractivity contribution in [2.75, 3.05) is 6.54 Å². The highest BCUT2D eigenvalue weighted by Crippen LogP contribution is 2.13. The van der Waals surface area contributed by atoms with Crippen LogP contribution in [0.15, 0.2) is 18.3 Å². The van der Waals surface area contributed by atoms with Crippen molar-refractivity contribution in [3.8, 4) is 0 Å². The quantitative estimate of drug-likeness (QED) is 0.745. The summed E-state index contributed by atoms with van der Waals surface area (Å²) in [6, 6.07) is 3.64. The molecule has 5 heteroatoms. The second-order valence-electron chi connectivity index (χ2n) is 4.01. The summed E-state index contributed by atoms with van der Waals surface area (Å²) < 4.78 is 0. The van der Waals surface area contributed by atoms with Gasteiger partial charge in [-0.25, -0.2) is 0 Å². The van der Waals surface area contributed by atoms with E-state index in [0.717, 1.165) is 5.69 Å². The second-order valence-corrected chi connectivity index (χ2v) is 4.01. The van der Waals surface area contributed by atoms with Crippen molar-refractivity contribution in [1.29, 1.82) is 0 Å². The molecule has 0 bridgehead atoms. The summed E-state index contributed by atoms with van der Waals surface area (Å²) in [5.74, 6) is -0.811. The normalized spacial score (nSPS) is 11.3. The van der Waals surface area contributed by atoms with E-state index in [-0.39, 0.29) is 0 Å². The van der Waals surface area contributed by atoms with E-state index in [0.29, 0.717) is 13.1 Å². The number of carbonyl (C=O) groups is 1. The van der Waals surface area contributed by atoms with E-state index in [1.54, 1.807) is 26.1 Å². The lowest BCUT2D eigenvalue weighted by molar-refractivity contribution is -0.146. The third-order valence-corrected chi connectivity index (χ3v) is 2.08. The predicted molar refractivity (Wildman–Crippen MR) is 55.2 cm³/mol. The van der Waals surface area contributed by atoms with Gasteiger partial charge in [0.25, 0.3) is 0 Å². The van der Waals surface area contributed by atoms with E-state index in [4.69, 9.17) is 5.11 Å². The average Bonchev–Trinajstić information content (AvgIpc) is 2.19. The number of aromatic nitrogens is 2. The summed E-state index contributed by atoms with van der Waals surface area (Å²) in [6.45, 7) is 4.29. The van der Waals surface area contributed by atoms with E-state index in [1.165, 1.54) is 0 Å². The lowest BCUT2D eigenvalue weighted by Crippen LogP contribution is -2.35. The summed E-state index contributed by atoms with van der Waals surface area (Å²) in [5, 5.41) is 19.5. The Morgan fingerprint density at radius 3 is 2.87 bits per heavy atom.